The molecule has 0 saturated heterocycles. The molecule has 0 saturated carbocycles. The fourth-order valence-electron chi connectivity index (χ4n) is 1.73. The maximum atomic E-state index is 12.1. The van der Waals surface area contributed by atoms with E-state index in [0.29, 0.717) is 5.56 Å². The normalized spacial score (nSPS) is 12.0. The standard InChI is InChI=1S/C14H12N2O/c1-2-5-13(15)14(17)12-9-16-8-10-6-3-4-7-11(10)12/h1,3-4,6-9,13H,5,15H2. The van der Waals surface area contributed by atoms with E-state index in [2.05, 4.69) is 10.9 Å². The Morgan fingerprint density at radius 2 is 2.18 bits per heavy atom. The quantitative estimate of drug-likeness (QED) is 0.638. The van der Waals surface area contributed by atoms with Gasteiger partial charge in [0.05, 0.1) is 6.04 Å². The van der Waals surface area contributed by atoms with Gasteiger partial charge < -0.3 is 5.73 Å². The summed E-state index contributed by atoms with van der Waals surface area (Å²) in [7, 11) is 0. The Kier molecular flexibility index (Phi) is 3.17. The largest absolute Gasteiger partial charge is 0.320 e. The van der Waals surface area contributed by atoms with E-state index in [-0.39, 0.29) is 12.2 Å². The number of terminal acetylenes is 1. The smallest absolute Gasteiger partial charge is 0.182 e. The average molecular weight is 224 g/mol. The second kappa shape index (κ2) is 4.77. The summed E-state index contributed by atoms with van der Waals surface area (Å²) in [6, 6.07) is 6.91. The van der Waals surface area contributed by atoms with E-state index < -0.39 is 6.04 Å². The van der Waals surface area contributed by atoms with Crippen molar-refractivity contribution in [1.29, 1.82) is 0 Å². The van der Waals surface area contributed by atoms with Gasteiger partial charge in [0.1, 0.15) is 0 Å². The zero-order valence-corrected chi connectivity index (χ0v) is 9.26. The number of carbonyl (C=O) groups excluding carboxylic acids is 1. The maximum absolute atomic E-state index is 12.1. The van der Waals surface area contributed by atoms with Crippen LogP contribution in [0.4, 0.5) is 0 Å². The van der Waals surface area contributed by atoms with Gasteiger partial charge in [-0.2, -0.15) is 0 Å². The van der Waals surface area contributed by atoms with Gasteiger partial charge in [-0.1, -0.05) is 24.3 Å². The van der Waals surface area contributed by atoms with Crippen molar-refractivity contribution >= 4 is 16.6 Å². The van der Waals surface area contributed by atoms with Crippen molar-refractivity contribution < 1.29 is 4.79 Å². The molecule has 2 N–H and O–H groups in total. The third-order valence-corrected chi connectivity index (χ3v) is 2.61. The molecule has 1 unspecified atom stereocenters. The Labute approximate surface area is 99.7 Å². The minimum Gasteiger partial charge on any atom is -0.320 e. The molecule has 3 nitrogen and oxygen atoms in total. The van der Waals surface area contributed by atoms with E-state index in [0.717, 1.165) is 10.8 Å². The molecule has 84 valence electrons. The van der Waals surface area contributed by atoms with Crippen molar-refractivity contribution in [3.63, 3.8) is 0 Å². The van der Waals surface area contributed by atoms with Crippen molar-refractivity contribution in [1.82, 2.24) is 4.98 Å². The highest BCUT2D eigenvalue weighted by atomic mass is 16.1. The molecule has 0 aliphatic heterocycles. The first kappa shape index (κ1) is 11.3. The minimum atomic E-state index is -0.660. The van der Waals surface area contributed by atoms with Crippen LogP contribution in [0.5, 0.6) is 0 Å². The van der Waals surface area contributed by atoms with Crippen LogP contribution >= 0.6 is 0 Å². The van der Waals surface area contributed by atoms with Gasteiger partial charge >= 0.3 is 0 Å². The summed E-state index contributed by atoms with van der Waals surface area (Å²) in [5.74, 6) is 2.24. The second-order valence-corrected chi connectivity index (χ2v) is 3.79. The van der Waals surface area contributed by atoms with Crippen molar-refractivity contribution in [3.05, 3.63) is 42.2 Å². The average Bonchev–Trinajstić information content (AvgIpc) is 2.37. The number of hydrogen-bond acceptors (Lipinski definition) is 3. The second-order valence-electron chi connectivity index (χ2n) is 3.79. The van der Waals surface area contributed by atoms with Gasteiger partial charge in [-0.3, -0.25) is 9.78 Å². The number of benzene rings is 1. The number of fused-ring (bicyclic) bond motifs is 1. The Balaban J connectivity index is 2.49. The predicted molar refractivity (Wildman–Crippen MR) is 67.5 cm³/mol. The Hall–Kier alpha value is -2.18. The first-order valence-corrected chi connectivity index (χ1v) is 5.30. The molecule has 0 fully saturated rings. The van der Waals surface area contributed by atoms with Gasteiger partial charge in [0.15, 0.2) is 5.78 Å². The molecule has 2 aromatic rings. The molecule has 0 bridgehead atoms. The molecule has 1 aromatic carbocycles. The SMILES string of the molecule is C#CCC(N)C(=O)c1cncc2ccccc12. The lowest BCUT2D eigenvalue weighted by atomic mass is 9.99. The fraction of sp³-hybridized carbons (Fsp3) is 0.143. The van der Waals surface area contributed by atoms with E-state index in [1.54, 1.807) is 12.4 Å². The molecule has 0 spiro atoms. The number of hydrogen-bond donors (Lipinski definition) is 1. The zero-order chi connectivity index (χ0) is 12.3. The molecule has 0 aliphatic carbocycles. The molecule has 1 aromatic heterocycles. The lowest BCUT2D eigenvalue weighted by molar-refractivity contribution is 0.0964. The number of pyridine rings is 1. The molecule has 17 heavy (non-hydrogen) atoms. The summed E-state index contributed by atoms with van der Waals surface area (Å²) in [6.45, 7) is 0. The molecule has 2 rings (SSSR count). The molecule has 3 heteroatoms. The van der Waals surface area contributed by atoms with Crippen molar-refractivity contribution in [2.45, 2.75) is 12.5 Å². The van der Waals surface area contributed by atoms with Gasteiger partial charge in [-0.25, -0.2) is 0 Å². The number of rotatable bonds is 3. The van der Waals surface area contributed by atoms with E-state index in [1.165, 1.54) is 0 Å². The van der Waals surface area contributed by atoms with Gasteiger partial charge in [0, 0.05) is 29.8 Å². The molecular weight excluding hydrogens is 212 g/mol. The van der Waals surface area contributed by atoms with Crippen molar-refractivity contribution in [2.75, 3.05) is 0 Å². The highest BCUT2D eigenvalue weighted by Crippen LogP contribution is 2.18. The van der Waals surface area contributed by atoms with Crippen LogP contribution in [-0.4, -0.2) is 16.8 Å². The number of Topliss-reactive ketones (excluding diaryl/α,β-unsaturated/α-hetero) is 1. The Morgan fingerprint density at radius 3 is 2.94 bits per heavy atom. The monoisotopic (exact) mass is 224 g/mol. The third kappa shape index (κ3) is 2.17. The lowest BCUT2D eigenvalue weighted by Gasteiger charge is -2.09. The van der Waals surface area contributed by atoms with Gasteiger partial charge in [-0.05, 0) is 5.39 Å². The van der Waals surface area contributed by atoms with Gasteiger partial charge in [0.25, 0.3) is 0 Å². The first-order valence-electron chi connectivity index (χ1n) is 5.30. The van der Waals surface area contributed by atoms with Gasteiger partial charge in [-0.15, -0.1) is 12.3 Å². The summed E-state index contributed by atoms with van der Waals surface area (Å²) in [5, 5.41) is 1.78. The zero-order valence-electron chi connectivity index (χ0n) is 9.26. The highest BCUT2D eigenvalue weighted by molar-refractivity contribution is 6.10. The summed E-state index contributed by atoms with van der Waals surface area (Å²) in [6.07, 6.45) is 8.66. The topological polar surface area (TPSA) is 56.0 Å². The van der Waals surface area contributed by atoms with Crippen LogP contribution in [0, 0.1) is 12.3 Å². The summed E-state index contributed by atoms with van der Waals surface area (Å²) >= 11 is 0. The van der Waals surface area contributed by atoms with Crippen molar-refractivity contribution in [3.8, 4) is 12.3 Å². The van der Waals surface area contributed by atoms with E-state index in [1.807, 2.05) is 24.3 Å². The number of aromatic nitrogens is 1. The predicted octanol–water partition coefficient (Wildman–Crippen LogP) is 1.77. The summed E-state index contributed by atoms with van der Waals surface area (Å²) < 4.78 is 0. The molecule has 1 atom stereocenters. The first-order chi connectivity index (χ1) is 8.24. The number of ketones is 1. The van der Waals surface area contributed by atoms with Crippen LogP contribution in [0.1, 0.15) is 16.8 Å². The number of carbonyl (C=O) groups is 1. The minimum absolute atomic E-state index is 0.160. The van der Waals surface area contributed by atoms with E-state index in [4.69, 9.17) is 12.2 Å². The molecule has 0 radical (unpaired) electrons. The lowest BCUT2D eigenvalue weighted by Crippen LogP contribution is -2.30. The van der Waals surface area contributed by atoms with Crippen LogP contribution in [0.3, 0.4) is 0 Å². The van der Waals surface area contributed by atoms with Crippen molar-refractivity contribution in [2.24, 2.45) is 5.73 Å². The van der Waals surface area contributed by atoms with Gasteiger partial charge in [0.2, 0.25) is 0 Å². The van der Waals surface area contributed by atoms with E-state index >= 15 is 0 Å². The fourth-order valence-corrected chi connectivity index (χ4v) is 1.73. The summed E-state index contributed by atoms with van der Waals surface area (Å²) in [5.41, 5.74) is 6.26. The number of nitrogens with two attached hydrogens (primary N) is 1. The van der Waals surface area contributed by atoms with Crippen LogP contribution < -0.4 is 5.73 Å². The number of nitrogens with zero attached hydrogens (tertiary/aromatic N) is 1. The van der Waals surface area contributed by atoms with Crippen LogP contribution in [0.25, 0.3) is 10.8 Å². The Bertz CT molecular complexity index is 593. The Morgan fingerprint density at radius 1 is 1.41 bits per heavy atom. The van der Waals surface area contributed by atoms with E-state index in [9.17, 15) is 4.79 Å². The molecule has 1 heterocycles. The summed E-state index contributed by atoms with van der Waals surface area (Å²) in [4.78, 5) is 16.1. The molecule has 0 amide bonds. The van der Waals surface area contributed by atoms with Crippen LogP contribution in [0.2, 0.25) is 0 Å². The van der Waals surface area contributed by atoms with Crippen LogP contribution in [0.15, 0.2) is 36.7 Å². The third-order valence-electron chi connectivity index (χ3n) is 2.61. The molecule has 0 aliphatic rings. The highest BCUT2D eigenvalue weighted by Gasteiger charge is 2.17. The maximum Gasteiger partial charge on any atom is 0.182 e. The van der Waals surface area contributed by atoms with Crippen LogP contribution in [-0.2, 0) is 0 Å². The molecular formula is C14H12N2O.